The Morgan fingerprint density at radius 1 is 1.53 bits per heavy atom. The van der Waals surface area contributed by atoms with Crippen LogP contribution in [-0.2, 0) is 11.3 Å². The fourth-order valence-electron chi connectivity index (χ4n) is 1.65. The van der Waals surface area contributed by atoms with E-state index in [0.29, 0.717) is 17.1 Å². The van der Waals surface area contributed by atoms with Gasteiger partial charge in [0.15, 0.2) is 0 Å². The van der Waals surface area contributed by atoms with Gasteiger partial charge in [0.25, 0.3) is 0 Å². The molecule has 1 heterocycles. The van der Waals surface area contributed by atoms with E-state index in [1.165, 1.54) is 7.11 Å². The number of nitrogens with zero attached hydrogens (tertiary/aromatic N) is 1. The number of carbonyl (C=O) groups is 1. The first-order valence-corrected chi connectivity index (χ1v) is 6.10. The first-order valence-electron chi connectivity index (χ1n) is 5.72. The molecule has 1 aromatic carbocycles. The van der Waals surface area contributed by atoms with Gasteiger partial charge in [0.2, 0.25) is 0 Å². The Bertz CT molecular complexity index is 595. The average molecular weight is 280 g/mol. The van der Waals surface area contributed by atoms with E-state index >= 15 is 0 Å². The number of anilines is 1. The zero-order chi connectivity index (χ0) is 13.8. The first-order chi connectivity index (χ1) is 9.11. The summed E-state index contributed by atoms with van der Waals surface area (Å²) in [5.41, 5.74) is 3.06. The Kier molecular flexibility index (Phi) is 4.06. The van der Waals surface area contributed by atoms with Crippen LogP contribution in [0.3, 0.4) is 0 Å². The molecule has 2 N–H and O–H groups in total. The molecule has 1 aromatic heterocycles. The molecule has 0 amide bonds. The van der Waals surface area contributed by atoms with Crippen LogP contribution in [0.2, 0.25) is 5.02 Å². The van der Waals surface area contributed by atoms with Crippen LogP contribution in [-0.4, -0.2) is 23.0 Å². The fraction of sp³-hybridized carbons (Fsp3) is 0.231. The SMILES string of the molecule is COC(=O)c1cc(NCc2nc[nH]c2C)ccc1Cl. The minimum atomic E-state index is -0.454. The van der Waals surface area contributed by atoms with Crippen LogP contribution in [0.15, 0.2) is 24.5 Å². The van der Waals surface area contributed by atoms with Crippen LogP contribution in [0.1, 0.15) is 21.7 Å². The Balaban J connectivity index is 2.13. The largest absolute Gasteiger partial charge is 0.465 e. The second kappa shape index (κ2) is 5.75. The minimum absolute atomic E-state index is 0.341. The van der Waals surface area contributed by atoms with E-state index in [-0.39, 0.29) is 0 Å². The molecule has 0 aliphatic rings. The molecular weight excluding hydrogens is 266 g/mol. The van der Waals surface area contributed by atoms with Crippen molar-refractivity contribution >= 4 is 23.3 Å². The predicted molar refractivity (Wildman–Crippen MR) is 73.4 cm³/mol. The highest BCUT2D eigenvalue weighted by Gasteiger charge is 2.11. The lowest BCUT2D eigenvalue weighted by atomic mass is 10.2. The lowest BCUT2D eigenvalue weighted by Gasteiger charge is -2.08. The van der Waals surface area contributed by atoms with Gasteiger partial charge in [-0.25, -0.2) is 9.78 Å². The molecule has 6 heteroatoms. The number of rotatable bonds is 4. The number of methoxy groups -OCH3 is 1. The number of halogens is 1. The third kappa shape index (κ3) is 3.06. The van der Waals surface area contributed by atoms with Crippen LogP contribution >= 0.6 is 11.6 Å². The monoisotopic (exact) mass is 279 g/mol. The van der Waals surface area contributed by atoms with Gasteiger partial charge in [0, 0.05) is 11.4 Å². The summed E-state index contributed by atoms with van der Waals surface area (Å²) in [6.07, 6.45) is 1.65. The summed E-state index contributed by atoms with van der Waals surface area (Å²) in [6.45, 7) is 2.52. The topological polar surface area (TPSA) is 67.0 Å². The highest BCUT2D eigenvalue weighted by molar-refractivity contribution is 6.33. The van der Waals surface area contributed by atoms with Crippen LogP contribution in [0.4, 0.5) is 5.69 Å². The van der Waals surface area contributed by atoms with Gasteiger partial charge in [-0.2, -0.15) is 0 Å². The number of benzene rings is 1. The van der Waals surface area contributed by atoms with E-state index < -0.39 is 5.97 Å². The predicted octanol–water partition coefficient (Wildman–Crippen LogP) is 2.77. The molecule has 0 radical (unpaired) electrons. The highest BCUT2D eigenvalue weighted by Crippen LogP contribution is 2.21. The van der Waals surface area contributed by atoms with Crippen molar-refractivity contribution in [2.75, 3.05) is 12.4 Å². The number of nitrogens with one attached hydrogen (secondary N) is 2. The molecule has 0 aliphatic heterocycles. The summed E-state index contributed by atoms with van der Waals surface area (Å²) < 4.78 is 4.67. The number of aromatic nitrogens is 2. The van der Waals surface area contributed by atoms with Crippen molar-refractivity contribution < 1.29 is 9.53 Å². The van der Waals surface area contributed by atoms with Crippen LogP contribution in [0.25, 0.3) is 0 Å². The molecule has 0 saturated heterocycles. The highest BCUT2D eigenvalue weighted by atomic mass is 35.5. The molecule has 0 atom stereocenters. The summed E-state index contributed by atoms with van der Waals surface area (Å²) in [7, 11) is 1.33. The van der Waals surface area contributed by atoms with E-state index in [0.717, 1.165) is 17.1 Å². The van der Waals surface area contributed by atoms with Gasteiger partial charge in [0.1, 0.15) is 0 Å². The third-order valence-electron chi connectivity index (χ3n) is 2.77. The normalized spacial score (nSPS) is 10.3. The number of aryl methyl sites for hydroxylation is 1. The first kappa shape index (κ1) is 13.4. The maximum absolute atomic E-state index is 11.5. The third-order valence-corrected chi connectivity index (χ3v) is 3.10. The van der Waals surface area contributed by atoms with Crippen molar-refractivity contribution in [3.8, 4) is 0 Å². The zero-order valence-electron chi connectivity index (χ0n) is 10.7. The molecule has 0 spiro atoms. The number of ether oxygens (including phenoxy) is 1. The summed E-state index contributed by atoms with van der Waals surface area (Å²) in [5, 5.41) is 3.55. The van der Waals surface area contributed by atoms with E-state index in [4.69, 9.17) is 11.6 Å². The van der Waals surface area contributed by atoms with Crippen molar-refractivity contribution in [3.63, 3.8) is 0 Å². The molecule has 0 unspecified atom stereocenters. The Morgan fingerprint density at radius 3 is 2.95 bits per heavy atom. The summed E-state index contributed by atoms with van der Waals surface area (Å²) in [4.78, 5) is 18.7. The van der Waals surface area contributed by atoms with Gasteiger partial charge in [-0.05, 0) is 25.1 Å². The van der Waals surface area contributed by atoms with Gasteiger partial charge in [-0.3, -0.25) is 0 Å². The van der Waals surface area contributed by atoms with E-state index in [2.05, 4.69) is 20.0 Å². The number of hydrogen-bond acceptors (Lipinski definition) is 4. The smallest absolute Gasteiger partial charge is 0.339 e. The van der Waals surface area contributed by atoms with E-state index in [1.54, 1.807) is 24.5 Å². The Morgan fingerprint density at radius 2 is 2.32 bits per heavy atom. The van der Waals surface area contributed by atoms with E-state index in [9.17, 15) is 4.79 Å². The molecule has 0 bridgehead atoms. The van der Waals surface area contributed by atoms with Gasteiger partial charge in [-0.15, -0.1) is 0 Å². The van der Waals surface area contributed by atoms with Crippen LogP contribution in [0.5, 0.6) is 0 Å². The van der Waals surface area contributed by atoms with Gasteiger partial charge < -0.3 is 15.0 Å². The van der Waals surface area contributed by atoms with Crippen molar-refractivity contribution in [1.29, 1.82) is 0 Å². The quantitative estimate of drug-likeness (QED) is 0.845. The molecule has 19 heavy (non-hydrogen) atoms. The molecular formula is C13H14ClN3O2. The lowest BCUT2D eigenvalue weighted by Crippen LogP contribution is -2.05. The number of aromatic amines is 1. The molecule has 100 valence electrons. The van der Waals surface area contributed by atoms with Crippen molar-refractivity contribution in [2.45, 2.75) is 13.5 Å². The second-order valence-corrected chi connectivity index (χ2v) is 4.42. The number of imidazole rings is 1. The number of hydrogen-bond donors (Lipinski definition) is 2. The number of H-pyrrole nitrogens is 1. The van der Waals surface area contributed by atoms with Gasteiger partial charge in [0.05, 0.1) is 36.3 Å². The maximum Gasteiger partial charge on any atom is 0.339 e. The fourth-order valence-corrected chi connectivity index (χ4v) is 1.85. The number of esters is 1. The maximum atomic E-state index is 11.5. The molecule has 2 rings (SSSR count). The average Bonchev–Trinajstić information content (AvgIpc) is 2.82. The second-order valence-electron chi connectivity index (χ2n) is 4.01. The number of carbonyl (C=O) groups excluding carboxylic acids is 1. The summed E-state index contributed by atoms with van der Waals surface area (Å²) >= 11 is 5.95. The Hall–Kier alpha value is -2.01. The van der Waals surface area contributed by atoms with Crippen molar-refractivity contribution in [1.82, 2.24) is 9.97 Å². The summed E-state index contributed by atoms with van der Waals surface area (Å²) in [5.74, 6) is -0.454. The zero-order valence-corrected chi connectivity index (χ0v) is 11.4. The van der Waals surface area contributed by atoms with E-state index in [1.807, 2.05) is 6.92 Å². The molecule has 0 fully saturated rings. The van der Waals surface area contributed by atoms with Gasteiger partial charge in [-0.1, -0.05) is 11.6 Å². The lowest BCUT2D eigenvalue weighted by molar-refractivity contribution is 0.0601. The summed E-state index contributed by atoms with van der Waals surface area (Å²) in [6, 6.07) is 5.13. The molecule has 2 aromatic rings. The molecule has 0 aliphatic carbocycles. The van der Waals surface area contributed by atoms with Crippen LogP contribution < -0.4 is 5.32 Å². The minimum Gasteiger partial charge on any atom is -0.465 e. The van der Waals surface area contributed by atoms with Gasteiger partial charge >= 0.3 is 5.97 Å². The van der Waals surface area contributed by atoms with Crippen molar-refractivity contribution in [3.05, 3.63) is 46.5 Å². The Labute approximate surface area is 116 Å². The van der Waals surface area contributed by atoms with Crippen LogP contribution in [0, 0.1) is 6.92 Å². The van der Waals surface area contributed by atoms with Crippen molar-refractivity contribution in [2.24, 2.45) is 0 Å². The standard InChI is InChI=1S/C13H14ClN3O2/c1-8-12(17-7-16-8)6-15-9-3-4-11(14)10(5-9)13(18)19-2/h3-5,7,15H,6H2,1-2H3,(H,16,17). The molecule has 0 saturated carbocycles. The molecule has 5 nitrogen and oxygen atoms in total.